The largest absolute Gasteiger partial charge is 0.373 e. The van der Waals surface area contributed by atoms with Crippen molar-refractivity contribution in [3.63, 3.8) is 0 Å². The maximum atomic E-state index is 5.91. The molecule has 4 N–H and O–H groups in total. The van der Waals surface area contributed by atoms with Crippen molar-refractivity contribution in [2.75, 3.05) is 37.0 Å². The molecule has 0 bridgehead atoms. The standard InChI is InChI=1S/C12H19BrN6O/c13-10-5-16-12(18-14)17-11(10)15-4-9-6-19-3-1-2-8(19)7-20-9/h5,8-9H,1-4,6-7,14H2,(H2,15,16,17,18). The molecular formula is C12H19BrN6O. The number of halogens is 1. The van der Waals surface area contributed by atoms with Crippen molar-refractivity contribution in [2.45, 2.75) is 25.0 Å². The van der Waals surface area contributed by atoms with Crippen LogP contribution in [-0.2, 0) is 4.74 Å². The Morgan fingerprint density at radius 3 is 3.30 bits per heavy atom. The Kier molecular flexibility index (Phi) is 4.35. The number of hydrogen-bond donors (Lipinski definition) is 3. The summed E-state index contributed by atoms with van der Waals surface area (Å²) >= 11 is 3.42. The first kappa shape index (κ1) is 14.0. The fourth-order valence-electron chi connectivity index (χ4n) is 2.78. The van der Waals surface area contributed by atoms with Gasteiger partial charge in [-0.05, 0) is 35.3 Å². The van der Waals surface area contributed by atoms with Gasteiger partial charge in [-0.15, -0.1) is 0 Å². The molecule has 0 radical (unpaired) electrons. The molecule has 0 spiro atoms. The van der Waals surface area contributed by atoms with E-state index in [0.29, 0.717) is 12.0 Å². The van der Waals surface area contributed by atoms with Gasteiger partial charge in [0.05, 0.1) is 17.2 Å². The molecule has 3 heterocycles. The van der Waals surface area contributed by atoms with E-state index in [1.165, 1.54) is 19.4 Å². The predicted octanol–water partition coefficient (Wildman–Crippen LogP) is 0.800. The highest BCUT2D eigenvalue weighted by atomic mass is 79.9. The number of morpholine rings is 1. The van der Waals surface area contributed by atoms with Gasteiger partial charge < -0.3 is 10.1 Å². The van der Waals surface area contributed by atoms with Crippen molar-refractivity contribution in [1.82, 2.24) is 14.9 Å². The Hall–Kier alpha value is -0.960. The fourth-order valence-corrected chi connectivity index (χ4v) is 3.11. The zero-order valence-corrected chi connectivity index (χ0v) is 12.8. The Balaban J connectivity index is 1.56. The summed E-state index contributed by atoms with van der Waals surface area (Å²) in [6.45, 7) is 3.75. The number of hydrogen-bond acceptors (Lipinski definition) is 7. The zero-order valence-electron chi connectivity index (χ0n) is 11.2. The molecule has 2 aliphatic heterocycles. The van der Waals surface area contributed by atoms with E-state index in [9.17, 15) is 0 Å². The van der Waals surface area contributed by atoms with Crippen LogP contribution in [0.25, 0.3) is 0 Å². The molecule has 2 atom stereocenters. The van der Waals surface area contributed by atoms with Crippen molar-refractivity contribution in [2.24, 2.45) is 5.84 Å². The fraction of sp³-hybridized carbons (Fsp3) is 0.667. The lowest BCUT2D eigenvalue weighted by Crippen LogP contribution is -2.48. The van der Waals surface area contributed by atoms with Crippen LogP contribution in [0.3, 0.4) is 0 Å². The monoisotopic (exact) mass is 342 g/mol. The van der Waals surface area contributed by atoms with Crippen molar-refractivity contribution in [3.05, 3.63) is 10.7 Å². The van der Waals surface area contributed by atoms with Crippen LogP contribution in [0.1, 0.15) is 12.8 Å². The smallest absolute Gasteiger partial charge is 0.239 e. The van der Waals surface area contributed by atoms with Crippen LogP contribution >= 0.6 is 15.9 Å². The van der Waals surface area contributed by atoms with E-state index in [1.807, 2.05) is 0 Å². The highest BCUT2D eigenvalue weighted by Crippen LogP contribution is 2.24. The van der Waals surface area contributed by atoms with Crippen molar-refractivity contribution >= 4 is 27.7 Å². The van der Waals surface area contributed by atoms with Gasteiger partial charge in [-0.3, -0.25) is 10.3 Å². The molecule has 7 nitrogen and oxygen atoms in total. The molecule has 2 fully saturated rings. The average molecular weight is 343 g/mol. The van der Waals surface area contributed by atoms with Gasteiger partial charge in [0.25, 0.3) is 0 Å². The van der Waals surface area contributed by atoms with Crippen LogP contribution in [0, 0.1) is 0 Å². The molecule has 1 aromatic rings. The Labute approximate surface area is 126 Å². The van der Waals surface area contributed by atoms with Gasteiger partial charge in [0.1, 0.15) is 5.82 Å². The molecule has 2 saturated heterocycles. The number of nitrogens with one attached hydrogen (secondary N) is 2. The minimum atomic E-state index is 0.195. The zero-order chi connectivity index (χ0) is 13.9. The Bertz CT molecular complexity index is 473. The van der Waals surface area contributed by atoms with E-state index in [4.69, 9.17) is 10.6 Å². The van der Waals surface area contributed by atoms with E-state index >= 15 is 0 Å². The molecule has 0 aliphatic carbocycles. The first-order chi connectivity index (χ1) is 9.76. The third kappa shape index (κ3) is 3.03. The van der Waals surface area contributed by atoms with Crippen LogP contribution in [0.15, 0.2) is 10.7 Å². The lowest BCUT2D eigenvalue weighted by atomic mass is 10.2. The molecule has 3 rings (SSSR count). The molecule has 2 aliphatic rings. The number of ether oxygens (including phenoxy) is 1. The lowest BCUT2D eigenvalue weighted by molar-refractivity contribution is -0.0416. The van der Waals surface area contributed by atoms with E-state index in [1.54, 1.807) is 6.20 Å². The maximum Gasteiger partial charge on any atom is 0.239 e. The number of nitrogens with zero attached hydrogens (tertiary/aromatic N) is 3. The second-order valence-electron chi connectivity index (χ2n) is 5.16. The molecule has 0 aromatic carbocycles. The molecule has 0 saturated carbocycles. The van der Waals surface area contributed by atoms with Gasteiger partial charge in [0.2, 0.25) is 5.95 Å². The summed E-state index contributed by atoms with van der Waals surface area (Å²) in [5, 5.41) is 3.29. The van der Waals surface area contributed by atoms with Gasteiger partial charge in [-0.1, -0.05) is 0 Å². The summed E-state index contributed by atoms with van der Waals surface area (Å²) in [6.07, 6.45) is 4.42. The molecule has 110 valence electrons. The number of rotatable bonds is 4. The second-order valence-corrected chi connectivity index (χ2v) is 6.02. The minimum Gasteiger partial charge on any atom is -0.373 e. The number of fused-ring (bicyclic) bond motifs is 1. The summed E-state index contributed by atoms with van der Waals surface area (Å²) in [6, 6.07) is 0.630. The highest BCUT2D eigenvalue weighted by Gasteiger charge is 2.32. The molecule has 1 aromatic heterocycles. The first-order valence-electron chi connectivity index (χ1n) is 6.85. The Morgan fingerprint density at radius 2 is 2.45 bits per heavy atom. The predicted molar refractivity (Wildman–Crippen MR) is 80.4 cm³/mol. The third-order valence-electron chi connectivity index (χ3n) is 3.83. The van der Waals surface area contributed by atoms with Crippen molar-refractivity contribution in [3.8, 4) is 0 Å². The number of aromatic nitrogens is 2. The summed E-state index contributed by atoms with van der Waals surface area (Å²) in [5.41, 5.74) is 2.44. The Morgan fingerprint density at radius 1 is 1.55 bits per heavy atom. The summed E-state index contributed by atoms with van der Waals surface area (Å²) in [5.74, 6) is 6.43. The second kappa shape index (κ2) is 6.21. The van der Waals surface area contributed by atoms with Crippen LogP contribution < -0.4 is 16.6 Å². The van der Waals surface area contributed by atoms with E-state index in [2.05, 4.69) is 41.5 Å². The normalized spacial score (nSPS) is 26.3. The summed E-state index contributed by atoms with van der Waals surface area (Å²) in [4.78, 5) is 10.8. The number of anilines is 2. The minimum absolute atomic E-state index is 0.195. The SMILES string of the molecule is NNc1ncc(Br)c(NCC2CN3CCCC3CO2)n1. The summed E-state index contributed by atoms with van der Waals surface area (Å²) in [7, 11) is 0. The van der Waals surface area contributed by atoms with E-state index < -0.39 is 0 Å². The van der Waals surface area contributed by atoms with Crippen LogP contribution in [0.4, 0.5) is 11.8 Å². The third-order valence-corrected chi connectivity index (χ3v) is 4.41. The van der Waals surface area contributed by atoms with Crippen LogP contribution in [-0.4, -0.2) is 53.3 Å². The molecule has 0 amide bonds. The number of nitrogen functional groups attached to an aromatic ring is 1. The number of nitrogens with two attached hydrogens (primary N) is 1. The molecule has 8 heteroatoms. The average Bonchev–Trinajstić information content (AvgIpc) is 2.94. The van der Waals surface area contributed by atoms with Crippen molar-refractivity contribution < 1.29 is 4.74 Å². The quantitative estimate of drug-likeness (QED) is 0.550. The van der Waals surface area contributed by atoms with Gasteiger partial charge in [-0.2, -0.15) is 4.98 Å². The molecular weight excluding hydrogens is 324 g/mol. The van der Waals surface area contributed by atoms with Gasteiger partial charge in [-0.25, -0.2) is 10.8 Å². The summed E-state index contributed by atoms with van der Waals surface area (Å²) < 4.78 is 6.72. The molecule has 20 heavy (non-hydrogen) atoms. The van der Waals surface area contributed by atoms with E-state index in [-0.39, 0.29) is 6.10 Å². The molecule has 2 unspecified atom stereocenters. The lowest BCUT2D eigenvalue weighted by Gasteiger charge is -2.35. The van der Waals surface area contributed by atoms with E-state index in [0.717, 1.165) is 30.0 Å². The maximum absolute atomic E-state index is 5.91. The highest BCUT2D eigenvalue weighted by molar-refractivity contribution is 9.10. The van der Waals surface area contributed by atoms with Gasteiger partial charge in [0, 0.05) is 25.3 Å². The van der Waals surface area contributed by atoms with Gasteiger partial charge >= 0.3 is 0 Å². The van der Waals surface area contributed by atoms with Crippen LogP contribution in [0.2, 0.25) is 0 Å². The van der Waals surface area contributed by atoms with Gasteiger partial charge in [0.15, 0.2) is 0 Å². The first-order valence-corrected chi connectivity index (χ1v) is 7.64. The van der Waals surface area contributed by atoms with Crippen LogP contribution in [0.5, 0.6) is 0 Å². The topological polar surface area (TPSA) is 88.3 Å². The van der Waals surface area contributed by atoms with Crippen molar-refractivity contribution in [1.29, 1.82) is 0 Å². The number of hydrazine groups is 1.